The highest BCUT2D eigenvalue weighted by Crippen LogP contribution is 2.33. The molecule has 0 aliphatic heterocycles. The Morgan fingerprint density at radius 3 is 2.31 bits per heavy atom. The molecule has 1 aromatic heterocycles. The largest absolute Gasteiger partial charge is 0.464 e. The van der Waals surface area contributed by atoms with Crippen molar-refractivity contribution in [1.82, 2.24) is 9.88 Å². The maximum Gasteiger partial charge on any atom is 0.355 e. The van der Waals surface area contributed by atoms with Gasteiger partial charge in [0, 0.05) is 21.0 Å². The zero-order valence-electron chi connectivity index (χ0n) is 19.3. The molecule has 0 saturated heterocycles. The van der Waals surface area contributed by atoms with Crippen molar-refractivity contribution in [3.05, 3.63) is 104 Å². The molecule has 2 amide bonds. The number of pyridine rings is 1. The third kappa shape index (κ3) is 5.06. The lowest BCUT2D eigenvalue weighted by Gasteiger charge is -2.19. The third-order valence-corrected chi connectivity index (χ3v) is 6.15. The first-order valence-corrected chi connectivity index (χ1v) is 11.7. The van der Waals surface area contributed by atoms with Crippen molar-refractivity contribution in [2.75, 3.05) is 13.7 Å². The summed E-state index contributed by atoms with van der Waals surface area (Å²) in [7, 11) is 1.27. The van der Waals surface area contributed by atoms with Crippen LogP contribution in [0.2, 0.25) is 0 Å². The predicted octanol–water partition coefficient (Wildman–Crippen LogP) is 3.48. The Morgan fingerprint density at radius 1 is 0.972 bits per heavy atom. The lowest BCUT2D eigenvalue weighted by molar-refractivity contribution is -0.117. The summed E-state index contributed by atoms with van der Waals surface area (Å²) >= 11 is 3.47. The van der Waals surface area contributed by atoms with Gasteiger partial charge in [0.25, 0.3) is 11.5 Å². The maximum atomic E-state index is 13.6. The first-order valence-electron chi connectivity index (χ1n) is 11.0. The molecule has 9 heteroatoms. The van der Waals surface area contributed by atoms with Crippen LogP contribution in [0.5, 0.6) is 0 Å². The molecule has 0 spiro atoms. The van der Waals surface area contributed by atoms with Gasteiger partial charge in [-0.05, 0) is 46.8 Å². The second-order valence-corrected chi connectivity index (χ2v) is 8.92. The topological polar surface area (TPSA) is 120 Å². The second-order valence-electron chi connectivity index (χ2n) is 8.01. The first-order chi connectivity index (χ1) is 17.3. The number of nitrogens with zero attached hydrogens (tertiary/aromatic N) is 1. The Morgan fingerprint density at radius 2 is 1.67 bits per heavy atom. The standard InChI is InChI=1S/C27H22BrN3O5/c1-36-27(35)24-23(17-5-3-2-4-6-17)21-13-19(28)11-12-20(21)26(34)31(24)15-16-7-9-18(10-8-16)25(33)30-14-22(29)32/h2-13H,14-15H2,1H3,(H2,29,32)(H,30,33). The molecule has 4 aromatic rings. The van der Waals surface area contributed by atoms with Gasteiger partial charge in [-0.3, -0.25) is 19.0 Å². The van der Waals surface area contributed by atoms with Gasteiger partial charge in [-0.15, -0.1) is 0 Å². The van der Waals surface area contributed by atoms with E-state index in [4.69, 9.17) is 10.5 Å². The zero-order valence-corrected chi connectivity index (χ0v) is 20.9. The number of amides is 2. The fourth-order valence-corrected chi connectivity index (χ4v) is 4.35. The summed E-state index contributed by atoms with van der Waals surface area (Å²) in [5.74, 6) is -1.74. The Labute approximate surface area is 214 Å². The lowest BCUT2D eigenvalue weighted by Crippen LogP contribution is -2.33. The van der Waals surface area contributed by atoms with E-state index < -0.39 is 17.8 Å². The number of fused-ring (bicyclic) bond motifs is 1. The number of nitrogens with two attached hydrogens (primary N) is 1. The SMILES string of the molecule is COC(=O)c1c(-c2ccccc2)c2cc(Br)ccc2c(=O)n1Cc1ccc(C(=O)NCC(N)=O)cc1. The highest BCUT2D eigenvalue weighted by molar-refractivity contribution is 9.10. The summed E-state index contributed by atoms with van der Waals surface area (Å²) < 4.78 is 7.27. The van der Waals surface area contributed by atoms with Crippen LogP contribution in [0, 0.1) is 0 Å². The van der Waals surface area contributed by atoms with Crippen LogP contribution in [-0.4, -0.2) is 36.0 Å². The van der Waals surface area contributed by atoms with Gasteiger partial charge in [-0.2, -0.15) is 0 Å². The molecular weight excluding hydrogens is 526 g/mol. The number of carbonyl (C=O) groups excluding carboxylic acids is 3. The molecule has 0 fully saturated rings. The van der Waals surface area contributed by atoms with Crippen molar-refractivity contribution in [3.63, 3.8) is 0 Å². The molecule has 3 N–H and O–H groups in total. The minimum atomic E-state index is -0.646. The fourth-order valence-electron chi connectivity index (χ4n) is 3.99. The number of methoxy groups -OCH3 is 1. The molecule has 3 aromatic carbocycles. The Balaban J connectivity index is 1.87. The minimum Gasteiger partial charge on any atom is -0.464 e. The number of aromatic nitrogens is 1. The van der Waals surface area contributed by atoms with Crippen molar-refractivity contribution in [2.24, 2.45) is 5.73 Å². The van der Waals surface area contributed by atoms with E-state index in [1.54, 1.807) is 36.4 Å². The van der Waals surface area contributed by atoms with E-state index in [-0.39, 0.29) is 24.3 Å². The number of hydrogen-bond donors (Lipinski definition) is 2. The van der Waals surface area contributed by atoms with Gasteiger partial charge < -0.3 is 15.8 Å². The molecule has 0 atom stereocenters. The Kier molecular flexibility index (Phi) is 7.30. The van der Waals surface area contributed by atoms with Crippen LogP contribution in [0.1, 0.15) is 26.4 Å². The van der Waals surface area contributed by atoms with E-state index >= 15 is 0 Å². The Bertz CT molecular complexity index is 1530. The van der Waals surface area contributed by atoms with Gasteiger partial charge in [0.1, 0.15) is 5.69 Å². The van der Waals surface area contributed by atoms with Crippen LogP contribution in [0.4, 0.5) is 0 Å². The molecule has 36 heavy (non-hydrogen) atoms. The van der Waals surface area contributed by atoms with Crippen LogP contribution in [0.25, 0.3) is 21.9 Å². The van der Waals surface area contributed by atoms with Crippen molar-refractivity contribution in [1.29, 1.82) is 0 Å². The summed E-state index contributed by atoms with van der Waals surface area (Å²) in [6, 6.07) is 21.2. The fraction of sp³-hybridized carbons (Fsp3) is 0.111. The molecule has 1 heterocycles. The van der Waals surface area contributed by atoms with Crippen LogP contribution in [0.3, 0.4) is 0 Å². The van der Waals surface area contributed by atoms with Crippen molar-refractivity contribution in [2.45, 2.75) is 6.54 Å². The molecule has 0 saturated carbocycles. The normalized spacial score (nSPS) is 10.7. The zero-order chi connectivity index (χ0) is 25.8. The van der Waals surface area contributed by atoms with Gasteiger partial charge in [0.2, 0.25) is 5.91 Å². The number of rotatable bonds is 7. The van der Waals surface area contributed by atoms with E-state index in [0.29, 0.717) is 27.5 Å². The van der Waals surface area contributed by atoms with E-state index in [1.165, 1.54) is 11.7 Å². The highest BCUT2D eigenvalue weighted by atomic mass is 79.9. The summed E-state index contributed by atoms with van der Waals surface area (Å²) in [4.78, 5) is 49.8. The smallest absolute Gasteiger partial charge is 0.355 e. The van der Waals surface area contributed by atoms with Crippen molar-refractivity contribution < 1.29 is 19.1 Å². The van der Waals surface area contributed by atoms with E-state index in [2.05, 4.69) is 21.2 Å². The van der Waals surface area contributed by atoms with E-state index in [1.807, 2.05) is 36.4 Å². The molecule has 182 valence electrons. The number of halogens is 1. The molecule has 0 unspecified atom stereocenters. The number of primary amides is 1. The van der Waals surface area contributed by atoms with E-state index in [9.17, 15) is 19.2 Å². The monoisotopic (exact) mass is 547 g/mol. The highest BCUT2D eigenvalue weighted by Gasteiger charge is 2.24. The molecule has 0 aliphatic rings. The average Bonchev–Trinajstić information content (AvgIpc) is 2.89. The van der Waals surface area contributed by atoms with Crippen LogP contribution in [0.15, 0.2) is 82.1 Å². The minimum absolute atomic E-state index is 0.0677. The molecule has 0 radical (unpaired) electrons. The number of carbonyl (C=O) groups is 3. The van der Waals surface area contributed by atoms with Gasteiger partial charge in [-0.25, -0.2) is 4.79 Å². The summed E-state index contributed by atoms with van der Waals surface area (Å²) in [6.45, 7) is -0.202. The Hall–Kier alpha value is -4.24. The summed E-state index contributed by atoms with van der Waals surface area (Å²) in [5.41, 5.74) is 7.21. The first kappa shape index (κ1) is 24.9. The van der Waals surface area contributed by atoms with Crippen molar-refractivity contribution >= 4 is 44.5 Å². The number of nitrogens with one attached hydrogen (secondary N) is 1. The van der Waals surface area contributed by atoms with E-state index in [0.717, 1.165) is 10.0 Å². The van der Waals surface area contributed by atoms with Crippen molar-refractivity contribution in [3.8, 4) is 11.1 Å². The molecule has 8 nitrogen and oxygen atoms in total. The third-order valence-electron chi connectivity index (χ3n) is 5.65. The van der Waals surface area contributed by atoms with Gasteiger partial charge in [-0.1, -0.05) is 58.4 Å². The predicted molar refractivity (Wildman–Crippen MR) is 140 cm³/mol. The molecule has 0 aliphatic carbocycles. The van der Waals surface area contributed by atoms with Crippen LogP contribution >= 0.6 is 15.9 Å². The molecular formula is C27H22BrN3O5. The molecule has 4 rings (SSSR count). The average molecular weight is 548 g/mol. The van der Waals surface area contributed by atoms with Crippen LogP contribution < -0.4 is 16.6 Å². The number of hydrogen-bond acceptors (Lipinski definition) is 5. The van der Waals surface area contributed by atoms with Crippen LogP contribution in [-0.2, 0) is 16.1 Å². The van der Waals surface area contributed by atoms with Gasteiger partial charge >= 0.3 is 5.97 Å². The molecule has 0 bridgehead atoms. The number of ether oxygens (including phenoxy) is 1. The summed E-state index contributed by atoms with van der Waals surface area (Å²) in [6.07, 6.45) is 0. The number of benzene rings is 3. The lowest BCUT2D eigenvalue weighted by atomic mass is 9.96. The van der Waals surface area contributed by atoms with Gasteiger partial charge in [0.05, 0.1) is 20.2 Å². The maximum absolute atomic E-state index is 13.6. The summed E-state index contributed by atoms with van der Waals surface area (Å²) in [5, 5.41) is 3.50. The second kappa shape index (κ2) is 10.6. The number of esters is 1. The quantitative estimate of drug-likeness (QED) is 0.343. The van der Waals surface area contributed by atoms with Gasteiger partial charge in [0.15, 0.2) is 0 Å².